The summed E-state index contributed by atoms with van der Waals surface area (Å²) < 4.78 is 33.5. The van der Waals surface area contributed by atoms with Crippen LogP contribution in [0.2, 0.25) is 0 Å². The second-order valence-corrected chi connectivity index (χ2v) is 5.39. The van der Waals surface area contributed by atoms with Gasteiger partial charge in [0.15, 0.2) is 0 Å². The van der Waals surface area contributed by atoms with Gasteiger partial charge in [0.25, 0.3) is 10.1 Å². The molecule has 1 fully saturated rings. The van der Waals surface area contributed by atoms with Gasteiger partial charge in [-0.2, -0.15) is 8.42 Å². The lowest BCUT2D eigenvalue weighted by atomic mass is 10.2. The third-order valence-corrected chi connectivity index (χ3v) is 3.76. The summed E-state index contributed by atoms with van der Waals surface area (Å²) in [6.07, 6.45) is 0.0742. The van der Waals surface area contributed by atoms with Crippen LogP contribution in [-0.2, 0) is 19.0 Å². The minimum atomic E-state index is -3.68. The molecule has 0 amide bonds. The summed E-state index contributed by atoms with van der Waals surface area (Å²) in [7, 11) is -3.68. The summed E-state index contributed by atoms with van der Waals surface area (Å²) in [6.45, 7) is 3.82. The van der Waals surface area contributed by atoms with Gasteiger partial charge in [0.1, 0.15) is 6.10 Å². The fraction of sp³-hybridized carbons (Fsp3) is 0.455. The molecule has 5 heteroatoms. The van der Waals surface area contributed by atoms with Gasteiger partial charge < -0.3 is 4.74 Å². The van der Waals surface area contributed by atoms with Crippen molar-refractivity contribution in [2.24, 2.45) is 0 Å². The molecule has 2 rings (SSSR count). The van der Waals surface area contributed by atoms with Gasteiger partial charge in [-0.25, -0.2) is 4.18 Å². The van der Waals surface area contributed by atoms with E-state index in [0.717, 1.165) is 12.0 Å². The summed E-state index contributed by atoms with van der Waals surface area (Å²) in [6, 6.07) is 6.55. The van der Waals surface area contributed by atoms with Gasteiger partial charge in [-0.3, -0.25) is 0 Å². The smallest absolute Gasteiger partial charge is 0.299 e. The summed E-state index contributed by atoms with van der Waals surface area (Å²) in [5, 5.41) is 0. The number of epoxide rings is 1. The van der Waals surface area contributed by atoms with E-state index in [-0.39, 0.29) is 11.0 Å². The van der Waals surface area contributed by atoms with Crippen molar-refractivity contribution in [3.8, 4) is 0 Å². The van der Waals surface area contributed by atoms with Crippen LogP contribution in [0.1, 0.15) is 18.9 Å². The van der Waals surface area contributed by atoms with Gasteiger partial charge in [0, 0.05) is 0 Å². The second-order valence-electron chi connectivity index (χ2n) is 3.81. The lowest BCUT2D eigenvalue weighted by molar-refractivity contribution is 0.185. The number of ether oxygens (including phenoxy) is 1. The largest absolute Gasteiger partial charge is 0.340 e. The van der Waals surface area contributed by atoms with Crippen LogP contribution < -0.4 is 0 Å². The molecule has 1 heterocycles. The first-order chi connectivity index (χ1) is 7.53. The molecule has 1 unspecified atom stereocenters. The zero-order valence-electron chi connectivity index (χ0n) is 9.21. The Morgan fingerprint density at radius 3 is 2.44 bits per heavy atom. The third-order valence-electron chi connectivity index (χ3n) is 2.47. The minimum absolute atomic E-state index is 0.0831. The van der Waals surface area contributed by atoms with E-state index >= 15 is 0 Å². The maximum atomic E-state index is 11.8. The maximum Gasteiger partial charge on any atom is 0.299 e. The van der Waals surface area contributed by atoms with Crippen molar-refractivity contribution in [1.82, 2.24) is 0 Å². The Hall–Kier alpha value is -0.910. The van der Waals surface area contributed by atoms with Crippen LogP contribution in [0.5, 0.6) is 0 Å². The van der Waals surface area contributed by atoms with Crippen molar-refractivity contribution in [3.63, 3.8) is 0 Å². The topological polar surface area (TPSA) is 55.9 Å². The number of hydrogen-bond donors (Lipinski definition) is 0. The number of rotatable bonds is 4. The van der Waals surface area contributed by atoms with Gasteiger partial charge in [0.05, 0.1) is 4.90 Å². The molecule has 0 aromatic heterocycles. The van der Waals surface area contributed by atoms with Gasteiger partial charge >= 0.3 is 0 Å². The molecule has 1 aromatic carbocycles. The fourth-order valence-corrected chi connectivity index (χ4v) is 2.39. The van der Waals surface area contributed by atoms with Gasteiger partial charge in [-0.15, -0.1) is 0 Å². The first-order valence-electron chi connectivity index (χ1n) is 5.18. The van der Waals surface area contributed by atoms with E-state index in [4.69, 9.17) is 8.92 Å². The molecule has 1 aliphatic heterocycles. The van der Waals surface area contributed by atoms with Crippen LogP contribution in [0, 0.1) is 6.92 Å². The lowest BCUT2D eigenvalue weighted by Crippen LogP contribution is -2.10. The Morgan fingerprint density at radius 2 is 1.94 bits per heavy atom. The monoisotopic (exact) mass is 242 g/mol. The zero-order chi connectivity index (χ0) is 11.8. The first kappa shape index (κ1) is 11.6. The van der Waals surface area contributed by atoms with Crippen molar-refractivity contribution < 1.29 is 17.3 Å². The van der Waals surface area contributed by atoms with Crippen LogP contribution in [0.4, 0.5) is 0 Å². The van der Waals surface area contributed by atoms with Crippen LogP contribution in [-0.4, -0.2) is 20.8 Å². The minimum Gasteiger partial charge on any atom is -0.340 e. The SMILES string of the molecule is CCC1O[C@@H]1OS(=O)(=O)c1ccc(C)cc1. The predicted molar refractivity (Wildman–Crippen MR) is 58.4 cm³/mol. The Bertz CT molecular complexity index is 463. The van der Waals surface area contributed by atoms with Crippen molar-refractivity contribution in [2.75, 3.05) is 0 Å². The maximum absolute atomic E-state index is 11.8. The molecule has 0 N–H and O–H groups in total. The van der Waals surface area contributed by atoms with Gasteiger partial charge in [-0.1, -0.05) is 24.6 Å². The summed E-state index contributed by atoms with van der Waals surface area (Å²) >= 11 is 0. The molecule has 1 aromatic rings. The second kappa shape index (κ2) is 4.16. The molecule has 88 valence electrons. The predicted octanol–water partition coefficient (Wildman–Crippen LogP) is 1.84. The van der Waals surface area contributed by atoms with Crippen LogP contribution in [0.3, 0.4) is 0 Å². The molecule has 0 radical (unpaired) electrons. The number of aryl methyl sites for hydroxylation is 1. The van der Waals surface area contributed by atoms with Crippen molar-refractivity contribution in [2.45, 2.75) is 37.6 Å². The number of hydrogen-bond acceptors (Lipinski definition) is 4. The highest BCUT2D eigenvalue weighted by Gasteiger charge is 2.42. The zero-order valence-corrected chi connectivity index (χ0v) is 10.0. The van der Waals surface area contributed by atoms with Crippen molar-refractivity contribution >= 4 is 10.1 Å². The first-order valence-corrected chi connectivity index (χ1v) is 6.59. The average molecular weight is 242 g/mol. The Labute approximate surface area is 95.3 Å². The molecule has 16 heavy (non-hydrogen) atoms. The van der Waals surface area contributed by atoms with E-state index in [2.05, 4.69) is 0 Å². The highest BCUT2D eigenvalue weighted by Crippen LogP contribution is 2.29. The fourth-order valence-electron chi connectivity index (χ4n) is 1.39. The van der Waals surface area contributed by atoms with Crippen molar-refractivity contribution in [3.05, 3.63) is 29.8 Å². The van der Waals surface area contributed by atoms with Crippen LogP contribution >= 0.6 is 0 Å². The molecule has 2 atom stereocenters. The summed E-state index contributed by atoms with van der Waals surface area (Å²) in [5.74, 6) is 0. The molecule has 1 saturated heterocycles. The van der Waals surface area contributed by atoms with Gasteiger partial charge in [0.2, 0.25) is 6.29 Å². The molecule has 0 bridgehead atoms. The molecule has 4 nitrogen and oxygen atoms in total. The van der Waals surface area contributed by atoms with E-state index in [1.807, 2.05) is 13.8 Å². The van der Waals surface area contributed by atoms with E-state index in [1.54, 1.807) is 12.1 Å². The van der Waals surface area contributed by atoms with E-state index in [1.165, 1.54) is 12.1 Å². The van der Waals surface area contributed by atoms with Crippen molar-refractivity contribution in [1.29, 1.82) is 0 Å². The van der Waals surface area contributed by atoms with E-state index in [9.17, 15) is 8.42 Å². The summed E-state index contributed by atoms with van der Waals surface area (Å²) in [5.41, 5.74) is 1.01. The Kier molecular flexibility index (Phi) is 3.01. The lowest BCUT2D eigenvalue weighted by Gasteiger charge is -2.03. The normalized spacial score (nSPS) is 24.4. The standard InChI is InChI=1S/C11H14O4S/c1-3-10-11(14-10)15-16(12,13)9-6-4-8(2)5-7-9/h4-7,10-11H,3H2,1-2H3/t10?,11-/m1/s1. The molecule has 0 aliphatic carbocycles. The molecule has 0 saturated carbocycles. The molecular formula is C11H14O4S. The highest BCUT2D eigenvalue weighted by atomic mass is 32.2. The Balaban J connectivity index is 2.10. The third kappa shape index (κ3) is 2.42. The highest BCUT2D eigenvalue weighted by molar-refractivity contribution is 7.86. The number of benzene rings is 1. The molecule has 0 spiro atoms. The summed E-state index contributed by atoms with van der Waals surface area (Å²) in [4.78, 5) is 0.170. The van der Waals surface area contributed by atoms with Crippen LogP contribution in [0.15, 0.2) is 29.2 Å². The molecule has 1 aliphatic rings. The van der Waals surface area contributed by atoms with E-state index < -0.39 is 16.4 Å². The van der Waals surface area contributed by atoms with E-state index in [0.29, 0.717) is 0 Å². The van der Waals surface area contributed by atoms with Crippen LogP contribution in [0.25, 0.3) is 0 Å². The quantitative estimate of drug-likeness (QED) is 0.597. The van der Waals surface area contributed by atoms with Gasteiger partial charge in [-0.05, 0) is 25.5 Å². The average Bonchev–Trinajstić information content (AvgIpc) is 2.96. The Morgan fingerprint density at radius 1 is 1.31 bits per heavy atom. The molecular weight excluding hydrogens is 228 g/mol.